The van der Waals surface area contributed by atoms with E-state index in [0.29, 0.717) is 13.0 Å². The van der Waals surface area contributed by atoms with Crippen molar-refractivity contribution < 1.29 is 9.90 Å². The van der Waals surface area contributed by atoms with Gasteiger partial charge in [0.15, 0.2) is 0 Å². The molecule has 0 spiro atoms. The van der Waals surface area contributed by atoms with E-state index in [0.717, 1.165) is 17.5 Å². The molecule has 6 heteroatoms. The lowest BCUT2D eigenvalue weighted by molar-refractivity contribution is -0.135. The number of hydrogen-bond acceptors (Lipinski definition) is 4. The van der Waals surface area contributed by atoms with Gasteiger partial charge in [-0.05, 0) is 34.4 Å². The van der Waals surface area contributed by atoms with Crippen LogP contribution in [-0.2, 0) is 11.3 Å². The van der Waals surface area contributed by atoms with Gasteiger partial charge < -0.3 is 15.7 Å². The van der Waals surface area contributed by atoms with Crippen LogP contribution in [-0.4, -0.2) is 28.5 Å². The zero-order chi connectivity index (χ0) is 16.7. The number of nitrogens with two attached hydrogens (primary N) is 1. The Balaban J connectivity index is 0.00000288. The Hall–Kier alpha value is -1.40. The highest BCUT2D eigenvalue weighted by Gasteiger charge is 2.23. The molecule has 0 aliphatic rings. The largest absolute Gasteiger partial charge is 0.387 e. The second kappa shape index (κ2) is 10.5. The van der Waals surface area contributed by atoms with Gasteiger partial charge in [0.05, 0.1) is 18.7 Å². The minimum Gasteiger partial charge on any atom is -0.387 e. The highest BCUT2D eigenvalue weighted by Crippen LogP contribution is 2.19. The number of amides is 1. The fourth-order valence-electron chi connectivity index (χ4n) is 2.48. The molecule has 1 heterocycles. The standard InChI is InChI=1S/C18H24N2O2S.ClH/c1-2-6-16(19)18(22)20(11-14-7-4-3-5-8-14)12-17(21)15-9-10-23-13-15;/h3-5,7-10,13,16-17,21H,2,6,11-12,19H2,1H3;1H. The number of halogens is 1. The molecule has 2 aromatic rings. The number of carbonyl (C=O) groups excluding carboxylic acids is 1. The van der Waals surface area contributed by atoms with Crippen molar-refractivity contribution in [1.82, 2.24) is 4.90 Å². The quantitative estimate of drug-likeness (QED) is 0.750. The van der Waals surface area contributed by atoms with Crippen LogP contribution in [0.1, 0.15) is 37.0 Å². The normalized spacial score (nSPS) is 13.0. The Morgan fingerprint density at radius 2 is 2.00 bits per heavy atom. The van der Waals surface area contributed by atoms with Crippen LogP contribution in [0.3, 0.4) is 0 Å². The van der Waals surface area contributed by atoms with E-state index in [-0.39, 0.29) is 24.9 Å². The van der Waals surface area contributed by atoms with Gasteiger partial charge in [-0.2, -0.15) is 11.3 Å². The molecule has 0 aliphatic heterocycles. The topological polar surface area (TPSA) is 66.6 Å². The number of rotatable bonds is 8. The molecule has 0 aliphatic carbocycles. The summed E-state index contributed by atoms with van der Waals surface area (Å²) in [6.07, 6.45) is 0.820. The van der Waals surface area contributed by atoms with Gasteiger partial charge in [0.1, 0.15) is 0 Å². The number of thiophene rings is 1. The van der Waals surface area contributed by atoms with Crippen LogP contribution in [0.4, 0.5) is 0 Å². The van der Waals surface area contributed by atoms with Crippen LogP contribution in [0.2, 0.25) is 0 Å². The maximum atomic E-state index is 12.6. The molecule has 2 unspecified atom stereocenters. The SMILES string of the molecule is CCCC(N)C(=O)N(Cc1ccccc1)CC(O)c1ccsc1.Cl. The predicted octanol–water partition coefficient (Wildman–Crippen LogP) is 3.36. The highest BCUT2D eigenvalue weighted by molar-refractivity contribution is 7.07. The van der Waals surface area contributed by atoms with Gasteiger partial charge in [-0.25, -0.2) is 0 Å². The molecule has 24 heavy (non-hydrogen) atoms. The number of hydrogen-bond donors (Lipinski definition) is 2. The van der Waals surface area contributed by atoms with Crippen molar-refractivity contribution in [3.05, 3.63) is 58.3 Å². The van der Waals surface area contributed by atoms with Crippen molar-refractivity contribution in [1.29, 1.82) is 0 Å². The molecule has 1 aromatic carbocycles. The van der Waals surface area contributed by atoms with Crippen molar-refractivity contribution >= 4 is 29.7 Å². The lowest BCUT2D eigenvalue weighted by Gasteiger charge is -2.28. The average Bonchev–Trinajstić information content (AvgIpc) is 3.09. The van der Waals surface area contributed by atoms with Crippen molar-refractivity contribution in [2.75, 3.05) is 6.54 Å². The zero-order valence-electron chi connectivity index (χ0n) is 13.8. The molecule has 3 N–H and O–H groups in total. The molecule has 0 radical (unpaired) electrons. The first-order valence-electron chi connectivity index (χ1n) is 7.90. The van der Waals surface area contributed by atoms with Crippen molar-refractivity contribution in [2.45, 2.75) is 38.5 Å². The number of aliphatic hydroxyl groups is 1. The lowest BCUT2D eigenvalue weighted by atomic mass is 10.1. The summed E-state index contributed by atoms with van der Waals surface area (Å²) in [6.45, 7) is 2.72. The van der Waals surface area contributed by atoms with Gasteiger partial charge >= 0.3 is 0 Å². The molecule has 2 atom stereocenters. The van der Waals surface area contributed by atoms with Gasteiger partial charge in [0.25, 0.3) is 0 Å². The van der Waals surface area contributed by atoms with Crippen LogP contribution in [0.5, 0.6) is 0 Å². The molecular formula is C18H25ClN2O2S. The monoisotopic (exact) mass is 368 g/mol. The summed E-state index contributed by atoms with van der Waals surface area (Å²) in [5, 5.41) is 14.2. The number of carbonyl (C=O) groups is 1. The maximum Gasteiger partial charge on any atom is 0.239 e. The number of aliphatic hydroxyl groups excluding tert-OH is 1. The van der Waals surface area contributed by atoms with E-state index in [9.17, 15) is 9.90 Å². The summed E-state index contributed by atoms with van der Waals surface area (Å²) in [7, 11) is 0. The molecule has 132 valence electrons. The van der Waals surface area contributed by atoms with E-state index in [4.69, 9.17) is 5.73 Å². The van der Waals surface area contributed by atoms with Gasteiger partial charge in [0, 0.05) is 6.54 Å². The number of benzene rings is 1. The Morgan fingerprint density at radius 3 is 2.58 bits per heavy atom. The average molecular weight is 369 g/mol. The van der Waals surface area contributed by atoms with Gasteiger partial charge in [-0.1, -0.05) is 43.7 Å². The first kappa shape index (κ1) is 20.6. The molecule has 1 aromatic heterocycles. The fourth-order valence-corrected chi connectivity index (χ4v) is 3.19. The van der Waals surface area contributed by atoms with Crippen LogP contribution >= 0.6 is 23.7 Å². The summed E-state index contributed by atoms with van der Waals surface area (Å²) >= 11 is 1.53. The molecule has 0 bridgehead atoms. The summed E-state index contributed by atoms with van der Waals surface area (Å²) in [4.78, 5) is 14.3. The predicted molar refractivity (Wildman–Crippen MR) is 101 cm³/mol. The smallest absolute Gasteiger partial charge is 0.239 e. The van der Waals surface area contributed by atoms with Crippen LogP contribution in [0, 0.1) is 0 Å². The molecule has 1 amide bonds. The third-order valence-corrected chi connectivity index (χ3v) is 4.47. The molecule has 0 fully saturated rings. The lowest BCUT2D eigenvalue weighted by Crippen LogP contribution is -2.44. The summed E-state index contributed by atoms with van der Waals surface area (Å²) in [5.74, 6) is -0.106. The second-order valence-electron chi connectivity index (χ2n) is 5.67. The first-order chi connectivity index (χ1) is 11.1. The molecule has 0 saturated heterocycles. The van der Waals surface area contributed by atoms with E-state index in [1.54, 1.807) is 4.90 Å². The highest BCUT2D eigenvalue weighted by atomic mass is 35.5. The van der Waals surface area contributed by atoms with Crippen LogP contribution in [0.25, 0.3) is 0 Å². The van der Waals surface area contributed by atoms with Gasteiger partial charge in [-0.15, -0.1) is 12.4 Å². The Kier molecular flexibility index (Phi) is 9.00. The Morgan fingerprint density at radius 1 is 1.29 bits per heavy atom. The summed E-state index contributed by atoms with van der Waals surface area (Å²) in [5.41, 5.74) is 7.87. The summed E-state index contributed by atoms with van der Waals surface area (Å²) in [6, 6.07) is 11.1. The second-order valence-corrected chi connectivity index (χ2v) is 6.45. The minimum absolute atomic E-state index is 0. The Labute approximate surface area is 153 Å². The van der Waals surface area contributed by atoms with Crippen molar-refractivity contribution in [2.24, 2.45) is 5.73 Å². The minimum atomic E-state index is -0.692. The number of nitrogens with zero attached hydrogens (tertiary/aromatic N) is 1. The Bertz CT molecular complexity index is 592. The molecule has 4 nitrogen and oxygen atoms in total. The molecule has 2 rings (SSSR count). The third kappa shape index (κ3) is 5.91. The maximum absolute atomic E-state index is 12.6. The fraction of sp³-hybridized carbons (Fsp3) is 0.389. The molecular weight excluding hydrogens is 344 g/mol. The van der Waals surface area contributed by atoms with Crippen molar-refractivity contribution in [3.8, 4) is 0 Å². The summed E-state index contributed by atoms with van der Waals surface area (Å²) < 4.78 is 0. The van der Waals surface area contributed by atoms with E-state index >= 15 is 0 Å². The van der Waals surface area contributed by atoms with E-state index in [1.807, 2.05) is 54.1 Å². The molecule has 0 saturated carbocycles. The van der Waals surface area contributed by atoms with E-state index in [1.165, 1.54) is 11.3 Å². The van der Waals surface area contributed by atoms with Gasteiger partial charge in [0.2, 0.25) is 5.91 Å². The zero-order valence-corrected chi connectivity index (χ0v) is 15.4. The van der Waals surface area contributed by atoms with Crippen LogP contribution < -0.4 is 5.73 Å². The van der Waals surface area contributed by atoms with Crippen molar-refractivity contribution in [3.63, 3.8) is 0 Å². The van der Waals surface area contributed by atoms with E-state index < -0.39 is 12.1 Å². The van der Waals surface area contributed by atoms with E-state index in [2.05, 4.69) is 0 Å². The van der Waals surface area contributed by atoms with Crippen LogP contribution in [0.15, 0.2) is 47.2 Å². The van der Waals surface area contributed by atoms with Gasteiger partial charge in [-0.3, -0.25) is 4.79 Å². The first-order valence-corrected chi connectivity index (χ1v) is 8.84. The third-order valence-electron chi connectivity index (χ3n) is 3.77.